The Morgan fingerprint density at radius 1 is 1.25 bits per heavy atom. The van der Waals surface area contributed by atoms with Gasteiger partial charge in [0.1, 0.15) is 5.84 Å². The third-order valence-electron chi connectivity index (χ3n) is 3.41. The van der Waals surface area contributed by atoms with Crippen molar-refractivity contribution in [3.63, 3.8) is 0 Å². The van der Waals surface area contributed by atoms with Crippen LogP contribution >= 0.6 is 11.8 Å². The molecule has 1 N–H and O–H groups in total. The molecular weight excluding hydrogens is 270 g/mol. The Hall–Kier alpha value is -1.49. The molecule has 1 aliphatic heterocycles. The molecule has 1 saturated heterocycles. The summed E-state index contributed by atoms with van der Waals surface area (Å²) in [6.45, 7) is 0.981. The number of amides is 2. The molecule has 0 saturated carbocycles. The topological polar surface area (TPSA) is 44.7 Å². The van der Waals surface area contributed by atoms with E-state index in [2.05, 4.69) is 15.2 Å². The van der Waals surface area contributed by atoms with Crippen LogP contribution in [0.5, 0.6) is 0 Å². The first-order valence-electron chi connectivity index (χ1n) is 6.93. The largest absolute Gasteiger partial charge is 0.363 e. The van der Waals surface area contributed by atoms with E-state index in [0.29, 0.717) is 0 Å². The lowest BCUT2D eigenvalue weighted by Crippen LogP contribution is -2.27. The number of carbonyl (C=O) groups is 1. The molecule has 1 aromatic rings. The highest BCUT2D eigenvalue weighted by Crippen LogP contribution is 2.18. The molecule has 1 aromatic carbocycles. The van der Waals surface area contributed by atoms with Gasteiger partial charge in [-0.2, -0.15) is 4.99 Å². The van der Waals surface area contributed by atoms with Crippen molar-refractivity contribution in [3.8, 4) is 0 Å². The summed E-state index contributed by atoms with van der Waals surface area (Å²) in [7, 11) is 2.00. The maximum absolute atomic E-state index is 12.0. The molecule has 1 aliphatic rings. The van der Waals surface area contributed by atoms with Gasteiger partial charge in [-0.15, -0.1) is 11.8 Å². The number of aliphatic imine (C=N–C) groups is 1. The van der Waals surface area contributed by atoms with Crippen LogP contribution in [0.3, 0.4) is 0 Å². The summed E-state index contributed by atoms with van der Waals surface area (Å²) in [5, 5.41) is 2.82. The van der Waals surface area contributed by atoms with Crippen LogP contribution in [-0.4, -0.2) is 36.6 Å². The van der Waals surface area contributed by atoms with E-state index in [9.17, 15) is 4.79 Å². The molecule has 4 nitrogen and oxygen atoms in total. The quantitative estimate of drug-likeness (QED) is 0.842. The molecule has 0 atom stereocenters. The molecule has 0 spiro atoms. The van der Waals surface area contributed by atoms with Gasteiger partial charge in [-0.1, -0.05) is 6.42 Å². The Kier molecular flexibility index (Phi) is 5.47. The molecule has 0 aliphatic carbocycles. The minimum absolute atomic E-state index is 0.286. The Morgan fingerprint density at radius 2 is 2.00 bits per heavy atom. The third kappa shape index (κ3) is 4.27. The summed E-state index contributed by atoms with van der Waals surface area (Å²) in [5.41, 5.74) is 0.786. The number of carbonyl (C=O) groups excluding carboxylic acids is 1. The fourth-order valence-corrected chi connectivity index (χ4v) is 2.62. The minimum Gasteiger partial charge on any atom is -0.363 e. The number of hydrogen-bond donors (Lipinski definition) is 1. The molecule has 0 unspecified atom stereocenters. The second-order valence-electron chi connectivity index (χ2n) is 4.92. The summed E-state index contributed by atoms with van der Waals surface area (Å²) in [4.78, 5) is 19.4. The molecule has 1 fully saturated rings. The van der Waals surface area contributed by atoms with E-state index in [1.807, 2.05) is 37.6 Å². The summed E-state index contributed by atoms with van der Waals surface area (Å²) >= 11 is 1.68. The number of thioether (sulfide) groups is 1. The van der Waals surface area contributed by atoms with Crippen LogP contribution in [0.2, 0.25) is 0 Å². The van der Waals surface area contributed by atoms with E-state index >= 15 is 0 Å². The second-order valence-corrected chi connectivity index (χ2v) is 5.80. The van der Waals surface area contributed by atoms with E-state index in [1.165, 1.54) is 17.7 Å². The van der Waals surface area contributed by atoms with Gasteiger partial charge in [0, 0.05) is 30.6 Å². The number of urea groups is 1. The first kappa shape index (κ1) is 14.9. The lowest BCUT2D eigenvalue weighted by Gasteiger charge is -2.17. The van der Waals surface area contributed by atoms with Crippen LogP contribution in [0.4, 0.5) is 10.5 Å². The van der Waals surface area contributed by atoms with Crippen molar-refractivity contribution >= 4 is 29.3 Å². The maximum Gasteiger partial charge on any atom is 0.347 e. The lowest BCUT2D eigenvalue weighted by molar-refractivity contribution is 0.259. The molecule has 5 heteroatoms. The average molecular weight is 291 g/mol. The van der Waals surface area contributed by atoms with Crippen molar-refractivity contribution in [2.75, 3.05) is 25.2 Å². The Balaban J connectivity index is 1.99. The standard InChI is InChI=1S/C15H21N3OS/c1-18-11-5-3-4-6-14(18)17-15(19)16-12-7-9-13(20-2)10-8-12/h7-10H,3-6,11H2,1-2H3,(H,16,19)/b17-14-. The number of benzene rings is 1. The average Bonchev–Trinajstić information content (AvgIpc) is 2.65. The van der Waals surface area contributed by atoms with Crippen LogP contribution in [0.25, 0.3) is 0 Å². The van der Waals surface area contributed by atoms with Gasteiger partial charge in [-0.05, 0) is 43.4 Å². The van der Waals surface area contributed by atoms with Crippen molar-refractivity contribution in [2.24, 2.45) is 4.99 Å². The summed E-state index contributed by atoms with van der Waals surface area (Å²) in [6, 6.07) is 7.50. The van der Waals surface area contributed by atoms with Crippen LogP contribution < -0.4 is 5.32 Å². The van der Waals surface area contributed by atoms with E-state index < -0.39 is 0 Å². The van der Waals surface area contributed by atoms with Crippen LogP contribution in [-0.2, 0) is 0 Å². The van der Waals surface area contributed by atoms with Gasteiger partial charge in [-0.25, -0.2) is 4.79 Å². The van der Waals surface area contributed by atoms with E-state index in [4.69, 9.17) is 0 Å². The first-order valence-corrected chi connectivity index (χ1v) is 8.15. The van der Waals surface area contributed by atoms with Gasteiger partial charge in [0.05, 0.1) is 0 Å². The molecule has 2 rings (SSSR count). The normalized spacial score (nSPS) is 17.9. The van der Waals surface area contributed by atoms with E-state index in [1.54, 1.807) is 11.8 Å². The third-order valence-corrected chi connectivity index (χ3v) is 4.15. The lowest BCUT2D eigenvalue weighted by atomic mass is 10.2. The van der Waals surface area contributed by atoms with Crippen molar-refractivity contribution in [1.82, 2.24) is 4.90 Å². The highest BCUT2D eigenvalue weighted by Gasteiger charge is 2.12. The number of anilines is 1. The Bertz CT molecular complexity index is 484. The van der Waals surface area contributed by atoms with Gasteiger partial charge < -0.3 is 10.2 Å². The highest BCUT2D eigenvalue weighted by atomic mass is 32.2. The molecule has 0 bridgehead atoms. The number of rotatable bonds is 2. The zero-order valence-electron chi connectivity index (χ0n) is 12.1. The summed E-state index contributed by atoms with van der Waals surface area (Å²) in [6.07, 6.45) is 6.41. The molecule has 0 radical (unpaired) electrons. The molecule has 20 heavy (non-hydrogen) atoms. The maximum atomic E-state index is 12.0. The zero-order chi connectivity index (χ0) is 14.4. The van der Waals surface area contributed by atoms with E-state index in [0.717, 1.165) is 30.9 Å². The predicted molar refractivity (Wildman–Crippen MR) is 85.8 cm³/mol. The SMILES string of the molecule is CSc1ccc(NC(=O)/N=C2/CCCCCN2C)cc1. The fraction of sp³-hybridized carbons (Fsp3) is 0.467. The molecule has 0 aromatic heterocycles. The van der Waals surface area contributed by atoms with Crippen molar-refractivity contribution in [1.29, 1.82) is 0 Å². The number of hydrogen-bond acceptors (Lipinski definition) is 2. The molecule has 1 heterocycles. The van der Waals surface area contributed by atoms with Crippen molar-refractivity contribution in [3.05, 3.63) is 24.3 Å². The minimum atomic E-state index is -0.286. The van der Waals surface area contributed by atoms with Gasteiger partial charge in [0.25, 0.3) is 0 Å². The van der Waals surface area contributed by atoms with Gasteiger partial charge in [0.15, 0.2) is 0 Å². The smallest absolute Gasteiger partial charge is 0.347 e. The number of nitrogens with zero attached hydrogens (tertiary/aromatic N) is 2. The van der Waals surface area contributed by atoms with Crippen LogP contribution in [0, 0.1) is 0 Å². The molecule has 2 amide bonds. The first-order chi connectivity index (χ1) is 9.69. The number of amidine groups is 1. The number of likely N-dealkylation sites (tertiary alicyclic amines) is 1. The van der Waals surface area contributed by atoms with Crippen molar-refractivity contribution in [2.45, 2.75) is 30.6 Å². The molecular formula is C15H21N3OS. The van der Waals surface area contributed by atoms with Crippen molar-refractivity contribution < 1.29 is 4.79 Å². The predicted octanol–water partition coefficient (Wildman–Crippen LogP) is 3.84. The molecule has 108 valence electrons. The zero-order valence-corrected chi connectivity index (χ0v) is 12.9. The summed E-state index contributed by atoms with van der Waals surface area (Å²) in [5.74, 6) is 0.890. The van der Waals surface area contributed by atoms with Gasteiger partial charge >= 0.3 is 6.03 Å². The second kappa shape index (κ2) is 7.33. The highest BCUT2D eigenvalue weighted by molar-refractivity contribution is 7.98. The van der Waals surface area contributed by atoms with Gasteiger partial charge in [0.2, 0.25) is 0 Å². The van der Waals surface area contributed by atoms with Crippen LogP contribution in [0.1, 0.15) is 25.7 Å². The Labute approximate surface area is 124 Å². The fourth-order valence-electron chi connectivity index (χ4n) is 2.21. The Morgan fingerprint density at radius 3 is 2.70 bits per heavy atom. The van der Waals surface area contributed by atoms with E-state index in [-0.39, 0.29) is 6.03 Å². The summed E-state index contributed by atoms with van der Waals surface area (Å²) < 4.78 is 0. The van der Waals surface area contributed by atoms with Gasteiger partial charge in [-0.3, -0.25) is 0 Å². The van der Waals surface area contributed by atoms with Crippen LogP contribution in [0.15, 0.2) is 34.2 Å². The number of nitrogens with one attached hydrogen (secondary N) is 1. The monoisotopic (exact) mass is 291 g/mol.